The van der Waals surface area contributed by atoms with E-state index in [1.807, 2.05) is 12.1 Å². The Balaban J connectivity index is 2.30. The van der Waals surface area contributed by atoms with E-state index in [0.717, 1.165) is 12.3 Å². The zero-order chi connectivity index (χ0) is 15.1. The number of rotatable bonds is 8. The Bertz CT molecular complexity index is 553. The van der Waals surface area contributed by atoms with Crippen LogP contribution in [0.25, 0.3) is 0 Å². The Morgan fingerprint density at radius 1 is 1.19 bits per heavy atom. The second-order valence-corrected chi connectivity index (χ2v) is 5.79. The molecule has 2 aromatic rings. The highest BCUT2D eigenvalue weighted by Crippen LogP contribution is 2.34. The molecule has 1 aromatic heterocycles. The zero-order valence-electron chi connectivity index (χ0n) is 12.9. The van der Waals surface area contributed by atoms with E-state index < -0.39 is 0 Å². The van der Waals surface area contributed by atoms with E-state index in [1.165, 1.54) is 16.0 Å². The van der Waals surface area contributed by atoms with Gasteiger partial charge < -0.3 is 14.8 Å². The largest absolute Gasteiger partial charge is 0.491 e. The van der Waals surface area contributed by atoms with Gasteiger partial charge in [-0.3, -0.25) is 0 Å². The smallest absolute Gasteiger partial charge is 0.124 e. The summed E-state index contributed by atoms with van der Waals surface area (Å²) in [6.07, 6.45) is 0. The minimum absolute atomic E-state index is 0.175. The molecule has 0 saturated heterocycles. The summed E-state index contributed by atoms with van der Waals surface area (Å²) >= 11 is 1.79. The zero-order valence-corrected chi connectivity index (χ0v) is 13.7. The van der Waals surface area contributed by atoms with Crippen molar-refractivity contribution in [3.8, 4) is 5.75 Å². The molecule has 114 valence electrons. The van der Waals surface area contributed by atoms with Gasteiger partial charge in [-0.2, -0.15) is 0 Å². The van der Waals surface area contributed by atoms with Crippen LogP contribution in [0.5, 0.6) is 5.75 Å². The predicted octanol–water partition coefficient (Wildman–Crippen LogP) is 3.78. The number of para-hydroxylation sites is 1. The lowest BCUT2D eigenvalue weighted by Gasteiger charge is -2.21. The van der Waals surface area contributed by atoms with Crippen molar-refractivity contribution in [2.45, 2.75) is 19.9 Å². The Hall–Kier alpha value is -1.36. The van der Waals surface area contributed by atoms with Crippen molar-refractivity contribution in [1.82, 2.24) is 5.32 Å². The molecule has 1 heterocycles. The molecule has 0 spiro atoms. The minimum Gasteiger partial charge on any atom is -0.491 e. The first-order valence-electron chi connectivity index (χ1n) is 7.26. The summed E-state index contributed by atoms with van der Waals surface area (Å²) in [5, 5.41) is 5.71. The van der Waals surface area contributed by atoms with Crippen molar-refractivity contribution in [1.29, 1.82) is 0 Å². The van der Waals surface area contributed by atoms with Crippen LogP contribution in [0.1, 0.15) is 29.0 Å². The number of hydrogen-bond donors (Lipinski definition) is 1. The topological polar surface area (TPSA) is 30.5 Å². The van der Waals surface area contributed by atoms with E-state index in [9.17, 15) is 0 Å². The normalized spacial score (nSPS) is 12.3. The van der Waals surface area contributed by atoms with E-state index in [-0.39, 0.29) is 6.04 Å². The summed E-state index contributed by atoms with van der Waals surface area (Å²) in [6.45, 7) is 6.36. The molecule has 4 heteroatoms. The first-order chi connectivity index (χ1) is 10.3. The van der Waals surface area contributed by atoms with Gasteiger partial charge in [0.05, 0.1) is 12.6 Å². The molecule has 0 aliphatic heterocycles. The summed E-state index contributed by atoms with van der Waals surface area (Å²) in [5.41, 5.74) is 2.50. The fraction of sp³-hybridized carbons (Fsp3) is 0.412. The van der Waals surface area contributed by atoms with Crippen LogP contribution < -0.4 is 10.1 Å². The lowest BCUT2D eigenvalue weighted by Crippen LogP contribution is -2.22. The third kappa shape index (κ3) is 4.06. The third-order valence-corrected chi connectivity index (χ3v) is 4.43. The van der Waals surface area contributed by atoms with E-state index in [4.69, 9.17) is 9.47 Å². The molecule has 1 aromatic carbocycles. The van der Waals surface area contributed by atoms with Crippen molar-refractivity contribution in [3.05, 3.63) is 51.7 Å². The summed E-state index contributed by atoms with van der Waals surface area (Å²) < 4.78 is 10.9. The molecule has 21 heavy (non-hydrogen) atoms. The molecular weight excluding hydrogens is 282 g/mol. The quantitative estimate of drug-likeness (QED) is 0.753. The van der Waals surface area contributed by atoms with Crippen LogP contribution in [0.4, 0.5) is 0 Å². The number of aryl methyl sites for hydroxylation is 1. The van der Waals surface area contributed by atoms with Gasteiger partial charge in [-0.1, -0.05) is 25.1 Å². The lowest BCUT2D eigenvalue weighted by molar-refractivity contribution is 0.145. The Morgan fingerprint density at radius 3 is 2.67 bits per heavy atom. The maximum Gasteiger partial charge on any atom is 0.124 e. The van der Waals surface area contributed by atoms with Gasteiger partial charge in [0, 0.05) is 17.6 Å². The third-order valence-electron chi connectivity index (χ3n) is 3.35. The van der Waals surface area contributed by atoms with Crippen LogP contribution >= 0.6 is 11.3 Å². The Kier molecular flexibility index (Phi) is 6.23. The molecule has 0 saturated carbocycles. The summed E-state index contributed by atoms with van der Waals surface area (Å²) in [6, 6.07) is 10.6. The average Bonchev–Trinajstić information content (AvgIpc) is 2.92. The van der Waals surface area contributed by atoms with Gasteiger partial charge in [-0.15, -0.1) is 11.3 Å². The van der Waals surface area contributed by atoms with Gasteiger partial charge in [0.25, 0.3) is 0 Å². The van der Waals surface area contributed by atoms with Crippen molar-refractivity contribution >= 4 is 11.3 Å². The van der Waals surface area contributed by atoms with Crippen LogP contribution in [0.15, 0.2) is 35.7 Å². The van der Waals surface area contributed by atoms with Gasteiger partial charge in [-0.05, 0) is 36.5 Å². The van der Waals surface area contributed by atoms with E-state index in [0.29, 0.717) is 13.2 Å². The molecule has 0 amide bonds. The standard InChI is InChI=1S/C17H23NO2S/c1-4-18-16(17-13(2)9-12-21-17)14-7-5-6-8-15(14)20-11-10-19-3/h5-9,12,16,18H,4,10-11H2,1-3H3. The van der Waals surface area contributed by atoms with Gasteiger partial charge in [0.15, 0.2) is 0 Å². The molecule has 1 unspecified atom stereocenters. The number of ether oxygens (including phenoxy) is 2. The Labute approximate surface area is 130 Å². The molecule has 0 fully saturated rings. The molecule has 2 rings (SSSR count). The van der Waals surface area contributed by atoms with Crippen molar-refractivity contribution in [3.63, 3.8) is 0 Å². The van der Waals surface area contributed by atoms with Crippen molar-refractivity contribution < 1.29 is 9.47 Å². The second kappa shape index (κ2) is 8.17. The number of benzene rings is 1. The number of nitrogens with one attached hydrogen (secondary N) is 1. The summed E-state index contributed by atoms with van der Waals surface area (Å²) in [7, 11) is 1.69. The highest BCUT2D eigenvalue weighted by Gasteiger charge is 2.20. The molecular formula is C17H23NO2S. The number of hydrogen-bond acceptors (Lipinski definition) is 4. The second-order valence-electron chi connectivity index (χ2n) is 4.84. The fourth-order valence-electron chi connectivity index (χ4n) is 2.31. The highest BCUT2D eigenvalue weighted by atomic mass is 32.1. The van der Waals surface area contributed by atoms with Crippen LogP contribution in [-0.4, -0.2) is 26.9 Å². The van der Waals surface area contributed by atoms with Gasteiger partial charge >= 0.3 is 0 Å². The molecule has 0 bridgehead atoms. The molecule has 0 aliphatic rings. The average molecular weight is 305 g/mol. The van der Waals surface area contributed by atoms with E-state index in [1.54, 1.807) is 18.4 Å². The van der Waals surface area contributed by atoms with E-state index >= 15 is 0 Å². The predicted molar refractivity (Wildman–Crippen MR) is 88.4 cm³/mol. The first kappa shape index (κ1) is 16.0. The monoisotopic (exact) mass is 305 g/mol. The van der Waals surface area contributed by atoms with Crippen LogP contribution in [0, 0.1) is 6.92 Å². The van der Waals surface area contributed by atoms with Gasteiger partial charge in [-0.25, -0.2) is 0 Å². The van der Waals surface area contributed by atoms with Crippen molar-refractivity contribution in [2.24, 2.45) is 0 Å². The molecule has 1 N–H and O–H groups in total. The van der Waals surface area contributed by atoms with Gasteiger partial charge in [0.1, 0.15) is 12.4 Å². The molecule has 3 nitrogen and oxygen atoms in total. The van der Waals surface area contributed by atoms with Gasteiger partial charge in [0.2, 0.25) is 0 Å². The number of methoxy groups -OCH3 is 1. The molecule has 1 atom stereocenters. The van der Waals surface area contributed by atoms with Crippen molar-refractivity contribution in [2.75, 3.05) is 26.9 Å². The van der Waals surface area contributed by atoms with Crippen LogP contribution in [-0.2, 0) is 4.74 Å². The first-order valence-corrected chi connectivity index (χ1v) is 8.14. The molecule has 0 aliphatic carbocycles. The lowest BCUT2D eigenvalue weighted by atomic mass is 10.0. The SMILES string of the molecule is CCNC(c1ccccc1OCCOC)c1sccc1C. The summed E-state index contributed by atoms with van der Waals surface area (Å²) in [4.78, 5) is 1.35. The Morgan fingerprint density at radius 2 is 2.00 bits per heavy atom. The van der Waals surface area contributed by atoms with Crippen LogP contribution in [0.2, 0.25) is 0 Å². The van der Waals surface area contributed by atoms with E-state index in [2.05, 4.69) is 42.7 Å². The van der Waals surface area contributed by atoms with Crippen LogP contribution in [0.3, 0.4) is 0 Å². The highest BCUT2D eigenvalue weighted by molar-refractivity contribution is 7.10. The molecule has 0 radical (unpaired) electrons. The fourth-order valence-corrected chi connectivity index (χ4v) is 3.33. The number of thiophene rings is 1. The summed E-state index contributed by atoms with van der Waals surface area (Å²) in [5.74, 6) is 0.924. The minimum atomic E-state index is 0.175. The maximum atomic E-state index is 5.88. The maximum absolute atomic E-state index is 5.88.